The Kier molecular flexibility index (Phi) is 6.43. The van der Waals surface area contributed by atoms with Gasteiger partial charge in [0.15, 0.2) is 0 Å². The number of rotatable bonds is 7. The maximum absolute atomic E-state index is 13.0. The van der Waals surface area contributed by atoms with Gasteiger partial charge in [-0.15, -0.1) is 0 Å². The summed E-state index contributed by atoms with van der Waals surface area (Å²) in [6, 6.07) is 10.7. The summed E-state index contributed by atoms with van der Waals surface area (Å²) in [5, 5.41) is 3.62. The highest BCUT2D eigenvalue weighted by atomic mass is 35.5. The largest absolute Gasteiger partial charge is 0.465 e. The van der Waals surface area contributed by atoms with Crippen LogP contribution in [0, 0.1) is 0 Å². The van der Waals surface area contributed by atoms with E-state index in [1.807, 2.05) is 0 Å². The summed E-state index contributed by atoms with van der Waals surface area (Å²) in [4.78, 5) is 11.8. The summed E-state index contributed by atoms with van der Waals surface area (Å²) in [5.74, 6) is -0.617. The summed E-state index contributed by atoms with van der Waals surface area (Å²) in [6.07, 6.45) is 1.93. The minimum Gasteiger partial charge on any atom is -0.465 e. The molecule has 1 aliphatic rings. The van der Waals surface area contributed by atoms with Crippen molar-refractivity contribution in [2.75, 3.05) is 30.3 Å². The summed E-state index contributed by atoms with van der Waals surface area (Å²) in [5.41, 5.74) is 0.879. The third-order valence-corrected chi connectivity index (χ3v) is 6.01. The first-order chi connectivity index (χ1) is 13.4. The van der Waals surface area contributed by atoms with E-state index in [-0.39, 0.29) is 16.6 Å². The van der Waals surface area contributed by atoms with Crippen LogP contribution in [0.4, 0.5) is 11.4 Å². The predicted octanol–water partition coefficient (Wildman–Crippen LogP) is 3.52. The van der Waals surface area contributed by atoms with Gasteiger partial charge in [-0.05, 0) is 55.3 Å². The van der Waals surface area contributed by atoms with Crippen LogP contribution < -0.4 is 10.0 Å². The minimum absolute atomic E-state index is 0.0278. The SMILES string of the molecule is COC(=O)c1ccc(NC[C@H]2CCCO2)c(S(=O)(=O)Nc2ccc(Cl)cc2)c1. The highest BCUT2D eigenvalue weighted by Crippen LogP contribution is 2.27. The van der Waals surface area contributed by atoms with Gasteiger partial charge in [-0.3, -0.25) is 4.72 Å². The number of benzene rings is 2. The molecule has 1 saturated heterocycles. The lowest BCUT2D eigenvalue weighted by atomic mass is 10.2. The van der Waals surface area contributed by atoms with Crippen molar-refractivity contribution < 1.29 is 22.7 Å². The van der Waals surface area contributed by atoms with E-state index < -0.39 is 16.0 Å². The molecule has 0 radical (unpaired) electrons. The van der Waals surface area contributed by atoms with E-state index in [2.05, 4.69) is 10.0 Å². The van der Waals surface area contributed by atoms with Gasteiger partial charge in [-0.2, -0.15) is 0 Å². The number of methoxy groups -OCH3 is 1. The standard InChI is InChI=1S/C19H21ClN2O5S/c1-26-19(23)13-4-9-17(21-12-16-3-2-10-27-16)18(11-13)28(24,25)22-15-7-5-14(20)6-8-15/h4-9,11,16,21-22H,2-3,10,12H2,1H3/t16-/m1/s1. The molecule has 7 nitrogen and oxygen atoms in total. The van der Waals surface area contributed by atoms with Gasteiger partial charge >= 0.3 is 5.97 Å². The quantitative estimate of drug-likeness (QED) is 0.660. The van der Waals surface area contributed by atoms with Gasteiger partial charge in [-0.25, -0.2) is 13.2 Å². The smallest absolute Gasteiger partial charge is 0.337 e. The average molecular weight is 425 g/mol. The van der Waals surface area contributed by atoms with Gasteiger partial charge in [0.2, 0.25) is 0 Å². The molecule has 0 unspecified atom stereocenters. The Morgan fingerprint density at radius 2 is 2.00 bits per heavy atom. The van der Waals surface area contributed by atoms with Gasteiger partial charge in [0.25, 0.3) is 10.0 Å². The Hall–Kier alpha value is -2.29. The van der Waals surface area contributed by atoms with Crippen molar-refractivity contribution in [3.8, 4) is 0 Å². The first-order valence-corrected chi connectivity index (χ1v) is 10.6. The highest BCUT2D eigenvalue weighted by Gasteiger charge is 2.23. The Balaban J connectivity index is 1.91. The number of carbonyl (C=O) groups excluding carboxylic acids is 1. The zero-order chi connectivity index (χ0) is 20.1. The first-order valence-electron chi connectivity index (χ1n) is 8.75. The third-order valence-electron chi connectivity index (χ3n) is 4.33. The normalized spacial score (nSPS) is 16.6. The number of esters is 1. The molecule has 0 saturated carbocycles. The van der Waals surface area contributed by atoms with Gasteiger partial charge < -0.3 is 14.8 Å². The van der Waals surface area contributed by atoms with Gasteiger partial charge in [0.1, 0.15) is 4.90 Å². The molecule has 150 valence electrons. The van der Waals surface area contributed by atoms with Gasteiger partial charge in [0, 0.05) is 23.9 Å². The topological polar surface area (TPSA) is 93.7 Å². The number of nitrogens with one attached hydrogen (secondary N) is 2. The number of hydrogen-bond donors (Lipinski definition) is 2. The molecular weight excluding hydrogens is 404 g/mol. The van der Waals surface area contributed by atoms with Crippen LogP contribution in [-0.2, 0) is 19.5 Å². The molecular formula is C19H21ClN2O5S. The number of anilines is 2. The number of carbonyl (C=O) groups is 1. The molecule has 9 heteroatoms. The van der Waals surface area contributed by atoms with E-state index >= 15 is 0 Å². The first kappa shape index (κ1) is 20.4. The van der Waals surface area contributed by atoms with E-state index in [0.717, 1.165) is 12.8 Å². The molecule has 1 heterocycles. The molecule has 0 aliphatic carbocycles. The monoisotopic (exact) mass is 424 g/mol. The average Bonchev–Trinajstić information content (AvgIpc) is 3.21. The highest BCUT2D eigenvalue weighted by molar-refractivity contribution is 7.92. The summed E-state index contributed by atoms with van der Waals surface area (Å²) >= 11 is 5.85. The number of sulfonamides is 1. The second kappa shape index (κ2) is 8.81. The van der Waals surface area contributed by atoms with Crippen molar-refractivity contribution in [3.63, 3.8) is 0 Å². The number of ether oxygens (including phenoxy) is 2. The maximum Gasteiger partial charge on any atom is 0.337 e. The zero-order valence-electron chi connectivity index (χ0n) is 15.3. The molecule has 2 aromatic rings. The Morgan fingerprint density at radius 1 is 1.25 bits per heavy atom. The third kappa shape index (κ3) is 4.95. The van der Waals surface area contributed by atoms with Crippen LogP contribution in [-0.4, -0.2) is 40.8 Å². The van der Waals surface area contributed by atoms with Gasteiger partial charge in [0.05, 0.1) is 24.5 Å². The lowest BCUT2D eigenvalue weighted by Gasteiger charge is -2.17. The molecule has 1 fully saturated rings. The van der Waals surface area contributed by atoms with E-state index in [1.165, 1.54) is 19.2 Å². The van der Waals surface area contributed by atoms with Crippen molar-refractivity contribution in [2.24, 2.45) is 0 Å². The van der Waals surface area contributed by atoms with Crippen molar-refractivity contribution in [1.29, 1.82) is 0 Å². The molecule has 28 heavy (non-hydrogen) atoms. The number of halogens is 1. The molecule has 1 aliphatic heterocycles. The Bertz CT molecular complexity index is 941. The lowest BCUT2D eigenvalue weighted by Crippen LogP contribution is -2.21. The molecule has 0 bridgehead atoms. The van der Waals surface area contributed by atoms with Crippen molar-refractivity contribution >= 4 is 39.0 Å². The summed E-state index contributed by atoms with van der Waals surface area (Å²) < 4.78 is 38.8. The summed E-state index contributed by atoms with van der Waals surface area (Å²) in [6.45, 7) is 1.18. The van der Waals surface area contributed by atoms with Gasteiger partial charge in [-0.1, -0.05) is 11.6 Å². The van der Waals surface area contributed by atoms with Crippen LogP contribution in [0.1, 0.15) is 23.2 Å². The lowest BCUT2D eigenvalue weighted by molar-refractivity contribution is 0.0600. The molecule has 2 N–H and O–H groups in total. The van der Waals surface area contributed by atoms with E-state index in [4.69, 9.17) is 21.1 Å². The predicted molar refractivity (Wildman–Crippen MR) is 108 cm³/mol. The van der Waals surface area contributed by atoms with Crippen LogP contribution in [0.3, 0.4) is 0 Å². The molecule has 2 aromatic carbocycles. The Labute approximate surface area is 169 Å². The van der Waals surface area contributed by atoms with E-state index in [1.54, 1.807) is 30.3 Å². The molecule has 0 aromatic heterocycles. The molecule has 3 rings (SSSR count). The maximum atomic E-state index is 13.0. The van der Waals surface area contributed by atoms with Crippen LogP contribution >= 0.6 is 11.6 Å². The number of hydrogen-bond acceptors (Lipinski definition) is 6. The fraction of sp³-hybridized carbons (Fsp3) is 0.316. The molecule has 0 amide bonds. The van der Waals surface area contributed by atoms with Crippen LogP contribution in [0.15, 0.2) is 47.4 Å². The fourth-order valence-corrected chi connectivity index (χ4v) is 4.29. The molecule has 1 atom stereocenters. The van der Waals surface area contributed by atoms with Crippen LogP contribution in [0.5, 0.6) is 0 Å². The second-order valence-electron chi connectivity index (χ2n) is 6.33. The molecule has 0 spiro atoms. The minimum atomic E-state index is -3.97. The van der Waals surface area contributed by atoms with Crippen LogP contribution in [0.25, 0.3) is 0 Å². The van der Waals surface area contributed by atoms with Crippen molar-refractivity contribution in [1.82, 2.24) is 0 Å². The van der Waals surface area contributed by atoms with Crippen molar-refractivity contribution in [2.45, 2.75) is 23.8 Å². The zero-order valence-corrected chi connectivity index (χ0v) is 16.8. The van der Waals surface area contributed by atoms with E-state index in [0.29, 0.717) is 29.5 Å². The van der Waals surface area contributed by atoms with Crippen LogP contribution in [0.2, 0.25) is 5.02 Å². The summed E-state index contributed by atoms with van der Waals surface area (Å²) in [7, 11) is -2.73. The Morgan fingerprint density at radius 3 is 2.64 bits per heavy atom. The second-order valence-corrected chi connectivity index (χ2v) is 8.42. The van der Waals surface area contributed by atoms with E-state index in [9.17, 15) is 13.2 Å². The van der Waals surface area contributed by atoms with Crippen molar-refractivity contribution in [3.05, 3.63) is 53.1 Å². The fourth-order valence-electron chi connectivity index (χ4n) is 2.89.